The second-order valence-electron chi connectivity index (χ2n) is 8.94. The van der Waals surface area contributed by atoms with Crippen LogP contribution in [0.5, 0.6) is 0 Å². The Morgan fingerprint density at radius 1 is 1.15 bits per heavy atom. The lowest BCUT2D eigenvalue weighted by Gasteiger charge is -2.45. The van der Waals surface area contributed by atoms with Crippen LogP contribution in [0, 0.1) is 5.82 Å². The summed E-state index contributed by atoms with van der Waals surface area (Å²) in [6, 6.07) is 11.3. The Balaban J connectivity index is 1.31. The Bertz CT molecular complexity index is 1300. The molecule has 1 saturated heterocycles. The number of hydrogen-bond donors (Lipinski definition) is 0. The van der Waals surface area contributed by atoms with Crippen LogP contribution in [0.3, 0.4) is 0 Å². The van der Waals surface area contributed by atoms with Gasteiger partial charge in [-0.05, 0) is 37.7 Å². The first-order chi connectivity index (χ1) is 15.7. The van der Waals surface area contributed by atoms with E-state index in [0.29, 0.717) is 48.5 Å². The molecule has 0 aliphatic carbocycles. The number of rotatable bonds is 6. The van der Waals surface area contributed by atoms with E-state index in [1.54, 1.807) is 60.4 Å². The fourth-order valence-electron chi connectivity index (χ4n) is 4.53. The maximum absolute atomic E-state index is 15.0. The first-order valence-corrected chi connectivity index (χ1v) is 12.1. The molecule has 1 aromatic heterocycles. The normalized spacial score (nSPS) is 20.2. The number of halogens is 1. The molecule has 3 aromatic rings. The summed E-state index contributed by atoms with van der Waals surface area (Å²) in [7, 11) is -1.56. The fraction of sp³-hybridized carbons (Fsp3) is 0.348. The lowest BCUT2D eigenvalue weighted by molar-refractivity contribution is 0.0693. The highest BCUT2D eigenvalue weighted by atomic mass is 32.2. The van der Waals surface area contributed by atoms with Crippen LogP contribution >= 0.6 is 0 Å². The van der Waals surface area contributed by atoms with Gasteiger partial charge in [-0.15, -0.1) is 5.10 Å². The molecule has 0 unspecified atom stereocenters. The lowest BCUT2D eigenvalue weighted by Crippen LogP contribution is -2.62. The van der Waals surface area contributed by atoms with Crippen LogP contribution in [-0.2, 0) is 21.2 Å². The monoisotopic (exact) mass is 469 g/mol. The minimum Gasteiger partial charge on any atom is -0.390 e. The molecule has 3 heterocycles. The second kappa shape index (κ2) is 8.03. The summed E-state index contributed by atoms with van der Waals surface area (Å²) in [6.45, 7) is 3.28. The van der Waals surface area contributed by atoms with E-state index in [9.17, 15) is 12.8 Å². The number of nitrogens with zero attached hydrogens (tertiary/aromatic N) is 5. The van der Waals surface area contributed by atoms with Gasteiger partial charge >= 0.3 is 0 Å². The van der Waals surface area contributed by atoms with Crippen molar-refractivity contribution in [1.29, 1.82) is 0 Å². The number of oxime groups is 1. The summed E-state index contributed by atoms with van der Waals surface area (Å²) in [6.07, 6.45) is 3.70. The van der Waals surface area contributed by atoms with E-state index in [0.717, 1.165) is 0 Å². The first-order valence-electron chi connectivity index (χ1n) is 10.7. The Morgan fingerprint density at radius 2 is 1.88 bits per heavy atom. The van der Waals surface area contributed by atoms with E-state index in [2.05, 4.69) is 15.5 Å². The van der Waals surface area contributed by atoms with E-state index in [-0.39, 0.29) is 11.0 Å². The molecule has 0 spiro atoms. The minimum atomic E-state index is -3.46. The maximum atomic E-state index is 15.0. The zero-order chi connectivity index (χ0) is 23.2. The van der Waals surface area contributed by atoms with Gasteiger partial charge in [0.1, 0.15) is 5.82 Å². The van der Waals surface area contributed by atoms with Crippen molar-refractivity contribution in [2.45, 2.75) is 35.6 Å². The third-order valence-electron chi connectivity index (χ3n) is 6.23. The van der Waals surface area contributed by atoms with Gasteiger partial charge in [0, 0.05) is 36.8 Å². The quantitative estimate of drug-likeness (QED) is 0.552. The molecule has 1 fully saturated rings. The molecule has 0 saturated carbocycles. The summed E-state index contributed by atoms with van der Waals surface area (Å²) in [5, 5.41) is 11.8. The van der Waals surface area contributed by atoms with Gasteiger partial charge in [0.15, 0.2) is 15.9 Å². The van der Waals surface area contributed by atoms with Gasteiger partial charge in [-0.25, -0.2) is 17.5 Å². The average Bonchev–Trinajstić information content (AvgIpc) is 3.45. The third-order valence-corrected chi connectivity index (χ3v) is 8.68. The van der Waals surface area contributed by atoms with Crippen molar-refractivity contribution in [3.8, 4) is 11.1 Å². The first kappa shape index (κ1) is 21.7. The SMILES string of the molecule is CN1CC(C)(S(=O)(=O)c2ccc(-c3ccc(C4=NO[C@@H](Cn5ccnn5)C4)cc3F)cc2)C1. The molecule has 8 nitrogen and oxygen atoms in total. The minimum absolute atomic E-state index is 0.184. The predicted octanol–water partition coefficient (Wildman–Crippen LogP) is 2.76. The molecule has 172 valence electrons. The molecule has 0 radical (unpaired) electrons. The highest BCUT2D eigenvalue weighted by molar-refractivity contribution is 7.93. The topological polar surface area (TPSA) is 89.7 Å². The molecule has 0 N–H and O–H groups in total. The summed E-state index contributed by atoms with van der Waals surface area (Å²) in [4.78, 5) is 7.69. The van der Waals surface area contributed by atoms with Gasteiger partial charge in [-0.3, -0.25) is 0 Å². The summed E-state index contributed by atoms with van der Waals surface area (Å²) < 4.78 is 41.8. The van der Waals surface area contributed by atoms with Crippen molar-refractivity contribution in [3.63, 3.8) is 0 Å². The summed E-state index contributed by atoms with van der Waals surface area (Å²) >= 11 is 0. The lowest BCUT2D eigenvalue weighted by atomic mass is 9.99. The standard InChI is InChI=1S/C23H24FN5O3S/c1-23(14-28(2)15-23)33(30,31)19-6-3-16(4-7-19)20-8-5-17(11-21(20)24)22-12-18(32-26-22)13-29-10-9-25-27-29/h3-11,18H,12-15H2,1-2H3/t18-/m1/s1. The zero-order valence-electron chi connectivity index (χ0n) is 18.3. The summed E-state index contributed by atoms with van der Waals surface area (Å²) in [5.74, 6) is -0.405. The van der Waals surface area contributed by atoms with Gasteiger partial charge in [-0.1, -0.05) is 34.6 Å². The van der Waals surface area contributed by atoms with Crippen LogP contribution in [0.4, 0.5) is 4.39 Å². The second-order valence-corrected chi connectivity index (χ2v) is 11.4. The van der Waals surface area contributed by atoms with E-state index in [4.69, 9.17) is 4.84 Å². The van der Waals surface area contributed by atoms with Crippen LogP contribution in [0.25, 0.3) is 11.1 Å². The highest BCUT2D eigenvalue weighted by Crippen LogP contribution is 2.34. The summed E-state index contributed by atoms with van der Waals surface area (Å²) in [5.41, 5.74) is 2.34. The van der Waals surface area contributed by atoms with Crippen LogP contribution in [-0.4, -0.2) is 65.0 Å². The van der Waals surface area contributed by atoms with E-state index < -0.39 is 20.4 Å². The van der Waals surface area contributed by atoms with E-state index in [1.807, 2.05) is 11.9 Å². The smallest absolute Gasteiger partial charge is 0.186 e. The van der Waals surface area contributed by atoms with Gasteiger partial charge < -0.3 is 9.74 Å². The van der Waals surface area contributed by atoms with Crippen molar-refractivity contribution < 1.29 is 17.6 Å². The van der Waals surface area contributed by atoms with Gasteiger partial charge in [0.2, 0.25) is 0 Å². The van der Waals surface area contributed by atoms with E-state index in [1.165, 1.54) is 6.07 Å². The number of sulfone groups is 1. The predicted molar refractivity (Wildman–Crippen MR) is 121 cm³/mol. The molecule has 0 amide bonds. The molecule has 5 rings (SSSR count). The fourth-order valence-corrected chi connectivity index (χ4v) is 6.37. The molecule has 2 aromatic carbocycles. The van der Waals surface area contributed by atoms with Crippen LogP contribution in [0.2, 0.25) is 0 Å². The third kappa shape index (κ3) is 3.93. The molecule has 10 heteroatoms. The Hall–Kier alpha value is -3.11. The molecule has 2 aliphatic rings. The molecule has 33 heavy (non-hydrogen) atoms. The highest BCUT2D eigenvalue weighted by Gasteiger charge is 2.48. The average molecular weight is 470 g/mol. The molecule has 2 aliphatic heterocycles. The number of likely N-dealkylation sites (tertiary alicyclic amines) is 1. The van der Waals surface area contributed by atoms with Crippen LogP contribution in [0.15, 0.2) is 64.9 Å². The van der Waals surface area contributed by atoms with E-state index >= 15 is 0 Å². The van der Waals surface area contributed by atoms with Gasteiger partial charge in [-0.2, -0.15) is 0 Å². The number of aromatic nitrogens is 3. The molecular formula is C23H24FN5O3S. The number of benzene rings is 2. The van der Waals surface area contributed by atoms with Crippen molar-refractivity contribution >= 4 is 15.5 Å². The van der Waals surface area contributed by atoms with Crippen molar-refractivity contribution in [2.75, 3.05) is 20.1 Å². The maximum Gasteiger partial charge on any atom is 0.186 e. The van der Waals surface area contributed by atoms with Crippen molar-refractivity contribution in [1.82, 2.24) is 19.9 Å². The van der Waals surface area contributed by atoms with Crippen LogP contribution < -0.4 is 0 Å². The largest absolute Gasteiger partial charge is 0.390 e. The van der Waals surface area contributed by atoms with Gasteiger partial charge in [0.05, 0.1) is 28.1 Å². The molecule has 1 atom stereocenters. The van der Waals surface area contributed by atoms with Crippen LogP contribution in [0.1, 0.15) is 18.9 Å². The Labute approximate surface area is 191 Å². The van der Waals surface area contributed by atoms with Crippen molar-refractivity contribution in [3.05, 3.63) is 66.2 Å². The molecule has 0 bridgehead atoms. The van der Waals surface area contributed by atoms with Crippen molar-refractivity contribution in [2.24, 2.45) is 5.16 Å². The zero-order valence-corrected chi connectivity index (χ0v) is 19.2. The van der Waals surface area contributed by atoms with Gasteiger partial charge in [0.25, 0.3) is 0 Å². The molecular weight excluding hydrogens is 445 g/mol. The Morgan fingerprint density at radius 3 is 2.52 bits per heavy atom. The number of hydrogen-bond acceptors (Lipinski definition) is 7. The Kier molecular flexibility index (Phi) is 5.29.